The van der Waals surface area contributed by atoms with E-state index >= 15 is 0 Å². The Kier molecular flexibility index (Phi) is 4.11. The second-order valence-electron chi connectivity index (χ2n) is 4.16. The first-order valence-electron chi connectivity index (χ1n) is 6.00. The number of nitrogens with zero attached hydrogens (tertiary/aromatic N) is 2. The molecule has 0 radical (unpaired) electrons. The van der Waals surface area contributed by atoms with E-state index in [-0.39, 0.29) is 12.3 Å². The van der Waals surface area contributed by atoms with Crippen molar-refractivity contribution < 1.29 is 4.79 Å². The third-order valence-electron chi connectivity index (χ3n) is 2.71. The normalized spacial score (nSPS) is 9.30. The fourth-order valence-electron chi connectivity index (χ4n) is 1.82. The number of hydrogen-bond donors (Lipinski definition) is 1. The second-order valence-corrected chi connectivity index (χ2v) is 4.16. The molecular weight excluding hydrogens is 250 g/mol. The Balaban J connectivity index is 2.28. The molecule has 0 saturated carbocycles. The van der Waals surface area contributed by atoms with E-state index in [0.717, 1.165) is 11.1 Å². The van der Waals surface area contributed by atoms with Crippen molar-refractivity contribution in [2.24, 2.45) is 0 Å². The fraction of sp³-hybridized carbons (Fsp3) is 0.0625. The van der Waals surface area contributed by atoms with E-state index in [1.165, 1.54) is 0 Å². The maximum atomic E-state index is 11.4. The van der Waals surface area contributed by atoms with Crippen LogP contribution in [0.25, 0.3) is 11.1 Å². The monoisotopic (exact) mass is 261 g/mol. The SMILES string of the molecule is N#CCC(=O)Nc1cccc(-c2cccc(C#N)c2)c1. The summed E-state index contributed by atoms with van der Waals surface area (Å²) in [5.74, 6) is -0.338. The number of anilines is 1. The molecule has 4 nitrogen and oxygen atoms in total. The number of carbonyl (C=O) groups is 1. The van der Waals surface area contributed by atoms with Crippen LogP contribution in [0.2, 0.25) is 0 Å². The zero-order valence-corrected chi connectivity index (χ0v) is 10.6. The molecule has 1 N–H and O–H groups in total. The lowest BCUT2D eigenvalue weighted by Crippen LogP contribution is -2.09. The Hall–Kier alpha value is -3.11. The van der Waals surface area contributed by atoms with Crippen LogP contribution in [-0.4, -0.2) is 5.91 Å². The van der Waals surface area contributed by atoms with Crippen LogP contribution in [0.4, 0.5) is 5.69 Å². The van der Waals surface area contributed by atoms with Crippen molar-refractivity contribution in [3.63, 3.8) is 0 Å². The molecule has 20 heavy (non-hydrogen) atoms. The standard InChI is InChI=1S/C16H11N3O/c17-8-7-16(20)19-15-6-2-5-14(10-15)13-4-1-3-12(9-13)11-18/h1-6,9-10H,7H2,(H,19,20). The van der Waals surface area contributed by atoms with E-state index in [1.807, 2.05) is 30.3 Å². The van der Waals surface area contributed by atoms with Crippen molar-refractivity contribution in [2.75, 3.05) is 5.32 Å². The van der Waals surface area contributed by atoms with E-state index in [4.69, 9.17) is 10.5 Å². The maximum absolute atomic E-state index is 11.4. The van der Waals surface area contributed by atoms with Crippen LogP contribution < -0.4 is 5.32 Å². The Bertz CT molecular complexity index is 723. The molecule has 0 aliphatic heterocycles. The van der Waals surface area contributed by atoms with Crippen molar-refractivity contribution in [3.8, 4) is 23.3 Å². The summed E-state index contributed by atoms with van der Waals surface area (Å²) in [4.78, 5) is 11.4. The zero-order chi connectivity index (χ0) is 14.4. The fourth-order valence-corrected chi connectivity index (χ4v) is 1.82. The summed E-state index contributed by atoms with van der Waals surface area (Å²) in [6.07, 6.45) is -0.172. The number of hydrogen-bond acceptors (Lipinski definition) is 3. The van der Waals surface area contributed by atoms with Gasteiger partial charge in [-0.15, -0.1) is 0 Å². The van der Waals surface area contributed by atoms with Gasteiger partial charge in [0.1, 0.15) is 6.42 Å². The van der Waals surface area contributed by atoms with Gasteiger partial charge >= 0.3 is 0 Å². The molecule has 0 bridgehead atoms. The molecule has 1 amide bonds. The van der Waals surface area contributed by atoms with E-state index in [9.17, 15) is 4.79 Å². The second kappa shape index (κ2) is 6.17. The van der Waals surface area contributed by atoms with Gasteiger partial charge in [0.15, 0.2) is 0 Å². The minimum absolute atomic E-state index is 0.172. The van der Waals surface area contributed by atoms with Gasteiger partial charge in [-0.1, -0.05) is 24.3 Å². The van der Waals surface area contributed by atoms with Gasteiger partial charge in [0, 0.05) is 5.69 Å². The topological polar surface area (TPSA) is 76.7 Å². The van der Waals surface area contributed by atoms with Gasteiger partial charge in [-0.3, -0.25) is 4.79 Å². The molecule has 0 fully saturated rings. The molecule has 0 saturated heterocycles. The van der Waals surface area contributed by atoms with Crippen molar-refractivity contribution in [3.05, 3.63) is 54.1 Å². The molecule has 0 aliphatic rings. The van der Waals surface area contributed by atoms with Crippen molar-refractivity contribution >= 4 is 11.6 Å². The first kappa shape index (κ1) is 13.3. The molecular formula is C16H11N3O. The lowest BCUT2D eigenvalue weighted by Gasteiger charge is -2.06. The van der Waals surface area contributed by atoms with E-state index in [0.29, 0.717) is 11.3 Å². The maximum Gasteiger partial charge on any atom is 0.238 e. The third kappa shape index (κ3) is 3.22. The van der Waals surface area contributed by atoms with E-state index in [1.54, 1.807) is 24.3 Å². The molecule has 0 unspecified atom stereocenters. The summed E-state index contributed by atoms with van der Waals surface area (Å²) in [5.41, 5.74) is 3.02. The number of amides is 1. The van der Waals surface area contributed by atoms with E-state index < -0.39 is 0 Å². The van der Waals surface area contributed by atoms with Gasteiger partial charge in [0.05, 0.1) is 17.7 Å². The summed E-state index contributed by atoms with van der Waals surface area (Å²) in [6.45, 7) is 0. The molecule has 2 aromatic rings. The van der Waals surface area contributed by atoms with Gasteiger partial charge < -0.3 is 5.32 Å². The minimum atomic E-state index is -0.338. The summed E-state index contributed by atoms with van der Waals surface area (Å²) in [5, 5.41) is 20.0. The summed E-state index contributed by atoms with van der Waals surface area (Å²) in [6, 6.07) is 18.4. The van der Waals surface area contributed by atoms with Crippen LogP contribution in [-0.2, 0) is 4.79 Å². The molecule has 0 spiro atoms. The third-order valence-corrected chi connectivity index (χ3v) is 2.71. The predicted octanol–water partition coefficient (Wildman–Crippen LogP) is 3.08. The van der Waals surface area contributed by atoms with Gasteiger partial charge in [0.2, 0.25) is 5.91 Å². The van der Waals surface area contributed by atoms with Crippen LogP contribution in [0.5, 0.6) is 0 Å². The molecule has 4 heteroatoms. The first-order valence-corrected chi connectivity index (χ1v) is 6.00. The predicted molar refractivity (Wildman–Crippen MR) is 75.5 cm³/mol. The molecule has 0 heterocycles. The highest BCUT2D eigenvalue weighted by molar-refractivity contribution is 5.92. The lowest BCUT2D eigenvalue weighted by molar-refractivity contribution is -0.115. The highest BCUT2D eigenvalue weighted by Crippen LogP contribution is 2.23. The van der Waals surface area contributed by atoms with Crippen LogP contribution in [0.1, 0.15) is 12.0 Å². The highest BCUT2D eigenvalue weighted by Gasteiger charge is 2.04. The van der Waals surface area contributed by atoms with E-state index in [2.05, 4.69) is 11.4 Å². The molecule has 2 rings (SSSR count). The van der Waals surface area contributed by atoms with Gasteiger partial charge in [-0.2, -0.15) is 10.5 Å². The summed E-state index contributed by atoms with van der Waals surface area (Å²) in [7, 11) is 0. The van der Waals surface area contributed by atoms with Crippen molar-refractivity contribution in [2.45, 2.75) is 6.42 Å². The zero-order valence-electron chi connectivity index (χ0n) is 10.6. The molecule has 0 aromatic heterocycles. The lowest BCUT2D eigenvalue weighted by atomic mass is 10.0. The van der Waals surface area contributed by atoms with Crippen LogP contribution in [0, 0.1) is 22.7 Å². The van der Waals surface area contributed by atoms with Crippen molar-refractivity contribution in [1.29, 1.82) is 10.5 Å². The van der Waals surface area contributed by atoms with Gasteiger partial charge in [0.25, 0.3) is 0 Å². The van der Waals surface area contributed by atoms with Crippen molar-refractivity contribution in [1.82, 2.24) is 0 Å². The largest absolute Gasteiger partial charge is 0.325 e. The Morgan fingerprint density at radius 2 is 1.75 bits per heavy atom. The minimum Gasteiger partial charge on any atom is -0.325 e. The number of nitriles is 2. The summed E-state index contributed by atoms with van der Waals surface area (Å²) < 4.78 is 0. The van der Waals surface area contributed by atoms with Crippen LogP contribution in [0.3, 0.4) is 0 Å². The van der Waals surface area contributed by atoms with Crippen LogP contribution in [0.15, 0.2) is 48.5 Å². The molecule has 96 valence electrons. The number of rotatable bonds is 3. The first-order chi connectivity index (χ1) is 9.72. The average Bonchev–Trinajstić information content (AvgIpc) is 2.48. The Labute approximate surface area is 116 Å². The average molecular weight is 261 g/mol. The Morgan fingerprint density at radius 1 is 1.05 bits per heavy atom. The molecule has 0 atom stereocenters. The van der Waals surface area contributed by atoms with Gasteiger partial charge in [-0.25, -0.2) is 0 Å². The summed E-state index contributed by atoms with van der Waals surface area (Å²) >= 11 is 0. The van der Waals surface area contributed by atoms with Crippen LogP contribution >= 0.6 is 0 Å². The number of carbonyl (C=O) groups excluding carboxylic acids is 1. The smallest absolute Gasteiger partial charge is 0.238 e. The number of nitrogens with one attached hydrogen (secondary N) is 1. The molecule has 2 aromatic carbocycles. The van der Waals surface area contributed by atoms with Gasteiger partial charge in [-0.05, 0) is 35.4 Å². The highest BCUT2D eigenvalue weighted by atomic mass is 16.1. The number of benzene rings is 2. The Morgan fingerprint density at radius 3 is 2.45 bits per heavy atom. The quantitative estimate of drug-likeness (QED) is 0.922. The molecule has 0 aliphatic carbocycles.